The average molecular weight is 355 g/mol. The number of rotatable bonds is 5. The average Bonchev–Trinajstić information content (AvgIpc) is 2.72. The second kappa shape index (κ2) is 7.25. The molecule has 0 aliphatic rings. The number of carbonyl (C=O) groups is 1. The summed E-state index contributed by atoms with van der Waals surface area (Å²) in [6.07, 6.45) is 3.52. The van der Waals surface area contributed by atoms with Gasteiger partial charge in [-0.2, -0.15) is 0 Å². The summed E-state index contributed by atoms with van der Waals surface area (Å²) < 4.78 is 0. The summed E-state index contributed by atoms with van der Waals surface area (Å²) in [4.78, 5) is 20.1. The van der Waals surface area contributed by atoms with Crippen molar-refractivity contribution in [3.05, 3.63) is 90.3 Å². The first kappa shape index (κ1) is 16.7. The number of pyridine rings is 2. The number of aromatic nitrogens is 2. The Balaban J connectivity index is 1.54. The van der Waals surface area contributed by atoms with Crippen LogP contribution in [0.1, 0.15) is 15.9 Å². The van der Waals surface area contributed by atoms with Gasteiger partial charge in [0.2, 0.25) is 0 Å². The van der Waals surface area contributed by atoms with Crippen LogP contribution in [0.2, 0.25) is 0 Å². The predicted molar refractivity (Wildman–Crippen MR) is 106 cm³/mol. The molecule has 2 heterocycles. The maximum atomic E-state index is 11.4. The Morgan fingerprint density at radius 3 is 2.52 bits per heavy atom. The number of carboxylic acids is 1. The van der Waals surface area contributed by atoms with E-state index in [9.17, 15) is 9.90 Å². The monoisotopic (exact) mass is 355 g/mol. The zero-order valence-electron chi connectivity index (χ0n) is 14.5. The van der Waals surface area contributed by atoms with Crippen LogP contribution in [-0.2, 0) is 6.54 Å². The van der Waals surface area contributed by atoms with Crippen molar-refractivity contribution in [1.29, 1.82) is 0 Å². The number of carboxylic acid groups (broad SMARTS) is 1. The highest BCUT2D eigenvalue weighted by molar-refractivity contribution is 5.96. The van der Waals surface area contributed by atoms with E-state index in [1.807, 2.05) is 54.6 Å². The van der Waals surface area contributed by atoms with Gasteiger partial charge in [-0.25, -0.2) is 4.79 Å². The molecule has 0 spiro atoms. The molecule has 0 atom stereocenters. The molecule has 0 unspecified atom stereocenters. The highest BCUT2D eigenvalue weighted by Gasteiger charge is 2.10. The third kappa shape index (κ3) is 3.48. The molecule has 4 aromatic rings. The Morgan fingerprint density at radius 1 is 0.889 bits per heavy atom. The predicted octanol–water partition coefficient (Wildman–Crippen LogP) is 4.61. The van der Waals surface area contributed by atoms with Gasteiger partial charge in [0.05, 0.1) is 16.8 Å². The number of hydrogen-bond donors (Lipinski definition) is 2. The maximum Gasteiger partial charge on any atom is 0.336 e. The second-order valence-corrected chi connectivity index (χ2v) is 6.13. The van der Waals surface area contributed by atoms with Crippen LogP contribution < -0.4 is 5.32 Å². The van der Waals surface area contributed by atoms with Crippen molar-refractivity contribution >= 4 is 22.7 Å². The Hall–Kier alpha value is -3.73. The number of hydrogen-bond acceptors (Lipinski definition) is 4. The molecule has 0 aliphatic heterocycles. The van der Waals surface area contributed by atoms with Crippen molar-refractivity contribution in [2.24, 2.45) is 0 Å². The van der Waals surface area contributed by atoms with Gasteiger partial charge >= 0.3 is 5.97 Å². The standard InChI is InChI=1S/C22H17N3O2/c26-22(27)18-5-2-1-4-17(18)16-9-7-15(8-10-16)14-25-20-11-13-23-19-6-3-12-24-21(19)20/h1-13H,14H2,(H,23,25)(H,26,27). The molecule has 5 nitrogen and oxygen atoms in total. The van der Waals surface area contributed by atoms with Gasteiger partial charge in [0.1, 0.15) is 5.52 Å². The van der Waals surface area contributed by atoms with Crippen LogP contribution >= 0.6 is 0 Å². The van der Waals surface area contributed by atoms with Gasteiger partial charge in [-0.1, -0.05) is 42.5 Å². The van der Waals surface area contributed by atoms with E-state index in [1.54, 1.807) is 24.5 Å². The summed E-state index contributed by atoms with van der Waals surface area (Å²) in [5.41, 5.74) is 5.61. The minimum atomic E-state index is -0.923. The molecule has 0 saturated carbocycles. The van der Waals surface area contributed by atoms with Crippen LogP contribution in [0, 0.1) is 0 Å². The van der Waals surface area contributed by atoms with Crippen molar-refractivity contribution in [2.75, 3.05) is 5.32 Å². The molecule has 5 heteroatoms. The lowest BCUT2D eigenvalue weighted by Crippen LogP contribution is -2.01. The van der Waals surface area contributed by atoms with Crippen molar-refractivity contribution < 1.29 is 9.90 Å². The number of nitrogens with one attached hydrogen (secondary N) is 1. The Labute approximate surface area is 156 Å². The lowest BCUT2D eigenvalue weighted by molar-refractivity contribution is 0.0697. The number of fused-ring (bicyclic) bond motifs is 1. The highest BCUT2D eigenvalue weighted by Crippen LogP contribution is 2.25. The van der Waals surface area contributed by atoms with Gasteiger partial charge in [-0.05, 0) is 41.0 Å². The van der Waals surface area contributed by atoms with Crippen LogP contribution in [0.5, 0.6) is 0 Å². The molecule has 0 radical (unpaired) electrons. The smallest absolute Gasteiger partial charge is 0.336 e. The van der Waals surface area contributed by atoms with Crippen molar-refractivity contribution in [2.45, 2.75) is 6.54 Å². The highest BCUT2D eigenvalue weighted by atomic mass is 16.4. The molecule has 27 heavy (non-hydrogen) atoms. The minimum absolute atomic E-state index is 0.303. The van der Waals surface area contributed by atoms with Gasteiger partial charge < -0.3 is 10.4 Å². The summed E-state index contributed by atoms with van der Waals surface area (Å²) in [6.45, 7) is 0.635. The molecule has 132 valence electrons. The molecule has 0 saturated heterocycles. The van der Waals surface area contributed by atoms with Gasteiger partial charge in [-0.15, -0.1) is 0 Å². The molecule has 0 aliphatic carbocycles. The summed E-state index contributed by atoms with van der Waals surface area (Å²) in [5.74, 6) is -0.923. The Kier molecular flexibility index (Phi) is 4.49. The molecule has 0 amide bonds. The van der Waals surface area contributed by atoms with Crippen LogP contribution in [0.25, 0.3) is 22.2 Å². The summed E-state index contributed by atoms with van der Waals surface area (Å²) >= 11 is 0. The van der Waals surface area contributed by atoms with Gasteiger partial charge in [0, 0.05) is 18.9 Å². The fraction of sp³-hybridized carbons (Fsp3) is 0.0455. The van der Waals surface area contributed by atoms with E-state index in [2.05, 4.69) is 15.3 Å². The van der Waals surface area contributed by atoms with Crippen LogP contribution in [0.3, 0.4) is 0 Å². The van der Waals surface area contributed by atoms with Gasteiger partial charge in [0.15, 0.2) is 0 Å². The van der Waals surface area contributed by atoms with Crippen LogP contribution in [0.4, 0.5) is 5.69 Å². The normalized spacial score (nSPS) is 10.7. The fourth-order valence-corrected chi connectivity index (χ4v) is 3.04. The Bertz CT molecular complexity index is 1100. The van der Waals surface area contributed by atoms with Crippen molar-refractivity contribution in [3.8, 4) is 11.1 Å². The zero-order valence-corrected chi connectivity index (χ0v) is 14.5. The van der Waals surface area contributed by atoms with Crippen molar-refractivity contribution in [3.63, 3.8) is 0 Å². The Morgan fingerprint density at radius 2 is 1.70 bits per heavy atom. The molecule has 2 aromatic carbocycles. The van der Waals surface area contributed by atoms with Crippen LogP contribution in [-0.4, -0.2) is 21.0 Å². The SMILES string of the molecule is O=C(O)c1ccccc1-c1ccc(CNc2ccnc3cccnc23)cc1. The summed E-state index contributed by atoms with van der Waals surface area (Å²) in [5, 5.41) is 12.8. The lowest BCUT2D eigenvalue weighted by atomic mass is 9.99. The van der Waals surface area contributed by atoms with Gasteiger partial charge in [0.25, 0.3) is 0 Å². The van der Waals surface area contributed by atoms with E-state index in [0.717, 1.165) is 27.8 Å². The van der Waals surface area contributed by atoms with E-state index in [1.165, 1.54) is 0 Å². The minimum Gasteiger partial charge on any atom is -0.478 e. The number of anilines is 1. The van der Waals surface area contributed by atoms with E-state index in [-0.39, 0.29) is 0 Å². The first-order chi connectivity index (χ1) is 13.2. The van der Waals surface area contributed by atoms with Crippen molar-refractivity contribution in [1.82, 2.24) is 9.97 Å². The quantitative estimate of drug-likeness (QED) is 0.547. The molecule has 0 fully saturated rings. The molecule has 0 bridgehead atoms. The first-order valence-corrected chi connectivity index (χ1v) is 8.57. The number of aromatic carboxylic acids is 1. The zero-order chi connectivity index (χ0) is 18.6. The molecule has 4 rings (SSSR count). The number of nitrogens with zero attached hydrogens (tertiary/aromatic N) is 2. The second-order valence-electron chi connectivity index (χ2n) is 6.13. The topological polar surface area (TPSA) is 75.1 Å². The van der Waals surface area contributed by atoms with E-state index < -0.39 is 5.97 Å². The van der Waals surface area contributed by atoms with E-state index >= 15 is 0 Å². The summed E-state index contributed by atoms with van der Waals surface area (Å²) in [6, 6.07) is 20.6. The fourth-order valence-electron chi connectivity index (χ4n) is 3.04. The number of benzene rings is 2. The van der Waals surface area contributed by atoms with Gasteiger partial charge in [-0.3, -0.25) is 9.97 Å². The van der Waals surface area contributed by atoms with E-state index in [0.29, 0.717) is 17.7 Å². The molecular formula is C22H17N3O2. The summed E-state index contributed by atoms with van der Waals surface area (Å²) in [7, 11) is 0. The molecule has 2 N–H and O–H groups in total. The third-order valence-electron chi connectivity index (χ3n) is 4.40. The maximum absolute atomic E-state index is 11.4. The van der Waals surface area contributed by atoms with E-state index in [4.69, 9.17) is 0 Å². The third-order valence-corrected chi connectivity index (χ3v) is 4.40. The first-order valence-electron chi connectivity index (χ1n) is 8.57. The van der Waals surface area contributed by atoms with Crippen LogP contribution in [0.15, 0.2) is 79.1 Å². The molecule has 2 aromatic heterocycles. The largest absolute Gasteiger partial charge is 0.478 e. The molecular weight excluding hydrogens is 338 g/mol. The lowest BCUT2D eigenvalue weighted by Gasteiger charge is -2.10.